The van der Waals surface area contributed by atoms with Gasteiger partial charge in [-0.15, -0.1) is 0 Å². The van der Waals surface area contributed by atoms with Gasteiger partial charge in [0, 0.05) is 23.4 Å². The Labute approximate surface area is 144 Å². The first-order valence-electron chi connectivity index (χ1n) is 7.68. The lowest BCUT2D eigenvalue weighted by atomic mass is 10.1. The molecule has 0 aliphatic rings. The maximum Gasteiger partial charge on any atom is 0.291 e. The van der Waals surface area contributed by atoms with Gasteiger partial charge < -0.3 is 9.73 Å². The Bertz CT molecular complexity index is 922. The minimum atomic E-state index is -0.463. The summed E-state index contributed by atoms with van der Waals surface area (Å²) in [5, 5.41) is 13.6. The maximum absolute atomic E-state index is 12.4. The number of benzene rings is 2. The molecule has 6 nitrogen and oxygen atoms in total. The summed E-state index contributed by atoms with van der Waals surface area (Å²) >= 11 is 0. The van der Waals surface area contributed by atoms with E-state index in [9.17, 15) is 14.9 Å². The summed E-state index contributed by atoms with van der Waals surface area (Å²) in [6, 6.07) is 15.0. The number of para-hydroxylation sites is 1. The second kappa shape index (κ2) is 6.60. The van der Waals surface area contributed by atoms with Gasteiger partial charge in [-0.25, -0.2) is 0 Å². The molecular weight excluding hydrogens is 320 g/mol. The van der Waals surface area contributed by atoms with Gasteiger partial charge in [-0.1, -0.05) is 18.2 Å². The molecule has 1 aromatic heterocycles. The number of aryl methyl sites for hydroxylation is 2. The number of hydrogen-bond donors (Lipinski definition) is 1. The van der Waals surface area contributed by atoms with E-state index >= 15 is 0 Å². The van der Waals surface area contributed by atoms with Gasteiger partial charge in [0.05, 0.1) is 4.92 Å². The van der Waals surface area contributed by atoms with Gasteiger partial charge in [-0.2, -0.15) is 0 Å². The number of amides is 1. The zero-order valence-corrected chi connectivity index (χ0v) is 13.8. The molecule has 0 bridgehead atoms. The Morgan fingerprint density at radius 3 is 2.24 bits per heavy atom. The van der Waals surface area contributed by atoms with Crippen molar-refractivity contribution in [1.82, 2.24) is 0 Å². The molecule has 1 amide bonds. The number of nitrogens with one attached hydrogen (secondary N) is 1. The van der Waals surface area contributed by atoms with E-state index in [1.54, 1.807) is 24.3 Å². The third-order valence-electron chi connectivity index (χ3n) is 3.91. The Morgan fingerprint density at radius 2 is 1.64 bits per heavy atom. The molecule has 0 fully saturated rings. The molecule has 0 spiro atoms. The summed E-state index contributed by atoms with van der Waals surface area (Å²) in [7, 11) is 0. The Balaban J connectivity index is 1.81. The number of rotatable bonds is 4. The van der Waals surface area contributed by atoms with Gasteiger partial charge in [0.15, 0.2) is 5.76 Å². The monoisotopic (exact) mass is 336 g/mol. The highest BCUT2D eigenvalue weighted by Gasteiger charge is 2.15. The number of furan rings is 1. The van der Waals surface area contributed by atoms with Crippen molar-refractivity contribution < 1.29 is 14.1 Å². The molecule has 25 heavy (non-hydrogen) atoms. The van der Waals surface area contributed by atoms with Crippen LogP contribution in [0.4, 0.5) is 11.4 Å². The highest BCUT2D eigenvalue weighted by atomic mass is 16.6. The number of nitro benzene ring substituents is 1. The lowest BCUT2D eigenvalue weighted by Crippen LogP contribution is -2.12. The van der Waals surface area contributed by atoms with Crippen molar-refractivity contribution in [1.29, 1.82) is 0 Å². The van der Waals surface area contributed by atoms with Crippen LogP contribution in [0, 0.1) is 24.0 Å². The topological polar surface area (TPSA) is 85.4 Å². The van der Waals surface area contributed by atoms with Crippen LogP contribution < -0.4 is 5.32 Å². The van der Waals surface area contributed by atoms with Crippen molar-refractivity contribution in [2.45, 2.75) is 13.8 Å². The molecule has 0 saturated carbocycles. The quantitative estimate of drug-likeness (QED) is 0.551. The van der Waals surface area contributed by atoms with Crippen LogP contribution in [0.1, 0.15) is 21.7 Å². The predicted octanol–water partition coefficient (Wildman–Crippen LogP) is 4.72. The molecule has 3 rings (SSSR count). The van der Waals surface area contributed by atoms with Gasteiger partial charge in [-0.05, 0) is 49.2 Å². The minimum absolute atomic E-state index is 0.00306. The molecule has 0 aliphatic heterocycles. The number of nitrogens with zero attached hydrogens (tertiary/aromatic N) is 1. The van der Waals surface area contributed by atoms with E-state index in [2.05, 4.69) is 5.32 Å². The van der Waals surface area contributed by atoms with Crippen LogP contribution in [-0.2, 0) is 0 Å². The fourth-order valence-corrected chi connectivity index (χ4v) is 2.55. The van der Waals surface area contributed by atoms with Crippen LogP contribution in [0.2, 0.25) is 0 Å². The Morgan fingerprint density at radius 1 is 1.00 bits per heavy atom. The van der Waals surface area contributed by atoms with E-state index in [1.807, 2.05) is 32.0 Å². The first-order chi connectivity index (χ1) is 12.0. The summed E-state index contributed by atoms with van der Waals surface area (Å²) in [6.07, 6.45) is 0. The molecule has 0 radical (unpaired) electrons. The van der Waals surface area contributed by atoms with Crippen LogP contribution >= 0.6 is 0 Å². The number of carbonyl (C=O) groups excluding carboxylic acids is 1. The van der Waals surface area contributed by atoms with Gasteiger partial charge >= 0.3 is 0 Å². The Kier molecular flexibility index (Phi) is 4.35. The van der Waals surface area contributed by atoms with Crippen LogP contribution in [0.15, 0.2) is 59.0 Å². The summed E-state index contributed by atoms with van der Waals surface area (Å²) in [6.45, 7) is 3.85. The van der Waals surface area contributed by atoms with Crippen LogP contribution in [0.25, 0.3) is 11.3 Å². The molecule has 0 unspecified atom stereocenters. The van der Waals surface area contributed by atoms with Crippen molar-refractivity contribution in [2.75, 3.05) is 5.32 Å². The highest BCUT2D eigenvalue weighted by molar-refractivity contribution is 6.03. The number of anilines is 1. The summed E-state index contributed by atoms with van der Waals surface area (Å²) in [5.74, 6) is 0.308. The zero-order valence-electron chi connectivity index (χ0n) is 13.8. The van der Waals surface area contributed by atoms with E-state index in [4.69, 9.17) is 4.42 Å². The van der Waals surface area contributed by atoms with Crippen molar-refractivity contribution >= 4 is 17.3 Å². The van der Waals surface area contributed by atoms with Crippen molar-refractivity contribution in [2.24, 2.45) is 0 Å². The lowest BCUT2D eigenvalue weighted by Gasteiger charge is -2.10. The fourth-order valence-electron chi connectivity index (χ4n) is 2.55. The molecule has 1 N–H and O–H groups in total. The van der Waals surface area contributed by atoms with E-state index in [0.717, 1.165) is 16.8 Å². The SMILES string of the molecule is Cc1cccc(C)c1NC(=O)c1ccc(-c2ccc([N+](=O)[O-])cc2)o1. The minimum Gasteiger partial charge on any atom is -0.451 e. The zero-order chi connectivity index (χ0) is 18.0. The fraction of sp³-hybridized carbons (Fsp3) is 0.105. The van der Waals surface area contributed by atoms with E-state index < -0.39 is 4.92 Å². The number of carbonyl (C=O) groups is 1. The molecule has 6 heteroatoms. The molecule has 1 heterocycles. The van der Waals surface area contributed by atoms with E-state index in [-0.39, 0.29) is 17.4 Å². The maximum atomic E-state index is 12.4. The average Bonchev–Trinajstić information content (AvgIpc) is 3.08. The second-order valence-electron chi connectivity index (χ2n) is 5.69. The lowest BCUT2D eigenvalue weighted by molar-refractivity contribution is -0.384. The largest absolute Gasteiger partial charge is 0.451 e. The van der Waals surface area contributed by atoms with Gasteiger partial charge in [-0.3, -0.25) is 14.9 Å². The van der Waals surface area contributed by atoms with E-state index in [1.165, 1.54) is 12.1 Å². The number of non-ortho nitro benzene ring substituents is 1. The normalized spacial score (nSPS) is 10.5. The highest BCUT2D eigenvalue weighted by Crippen LogP contribution is 2.26. The predicted molar refractivity (Wildman–Crippen MR) is 94.7 cm³/mol. The van der Waals surface area contributed by atoms with Crippen molar-refractivity contribution in [3.8, 4) is 11.3 Å². The standard InChI is InChI=1S/C19H16N2O4/c1-12-4-3-5-13(2)18(12)20-19(22)17-11-10-16(25-17)14-6-8-15(9-7-14)21(23)24/h3-11H,1-2H3,(H,20,22). The van der Waals surface area contributed by atoms with E-state index in [0.29, 0.717) is 11.3 Å². The first-order valence-corrected chi connectivity index (χ1v) is 7.68. The molecule has 0 aliphatic carbocycles. The van der Waals surface area contributed by atoms with Crippen LogP contribution in [0.3, 0.4) is 0 Å². The smallest absolute Gasteiger partial charge is 0.291 e. The Hall–Kier alpha value is -3.41. The number of hydrogen-bond acceptors (Lipinski definition) is 4. The first kappa shape index (κ1) is 16.4. The average molecular weight is 336 g/mol. The molecule has 0 saturated heterocycles. The van der Waals surface area contributed by atoms with Gasteiger partial charge in [0.25, 0.3) is 11.6 Å². The summed E-state index contributed by atoms with van der Waals surface area (Å²) in [5.41, 5.74) is 3.37. The molecule has 126 valence electrons. The molecule has 0 atom stereocenters. The van der Waals surface area contributed by atoms with Crippen LogP contribution in [-0.4, -0.2) is 10.8 Å². The van der Waals surface area contributed by atoms with Crippen molar-refractivity contribution in [3.63, 3.8) is 0 Å². The molecule has 3 aromatic rings. The van der Waals surface area contributed by atoms with Gasteiger partial charge in [0.2, 0.25) is 0 Å². The summed E-state index contributed by atoms with van der Waals surface area (Å²) < 4.78 is 5.60. The van der Waals surface area contributed by atoms with Crippen molar-refractivity contribution in [3.05, 3.63) is 81.6 Å². The number of nitro groups is 1. The van der Waals surface area contributed by atoms with Crippen LogP contribution in [0.5, 0.6) is 0 Å². The molecule has 2 aromatic carbocycles. The molecular formula is C19H16N2O4. The summed E-state index contributed by atoms with van der Waals surface area (Å²) in [4.78, 5) is 22.6. The third-order valence-corrected chi connectivity index (χ3v) is 3.91. The second-order valence-corrected chi connectivity index (χ2v) is 5.69. The van der Waals surface area contributed by atoms with Gasteiger partial charge in [0.1, 0.15) is 5.76 Å². The third kappa shape index (κ3) is 3.42.